The molecule has 5 heteroatoms. The molecular formula is C12H15ClO4. The Labute approximate surface area is 105 Å². The van der Waals surface area contributed by atoms with Gasteiger partial charge in [0.15, 0.2) is 6.61 Å². The molecule has 0 aliphatic carbocycles. The second-order valence-electron chi connectivity index (χ2n) is 3.46. The Morgan fingerprint density at radius 3 is 2.76 bits per heavy atom. The third kappa shape index (κ3) is 4.24. The molecule has 94 valence electrons. The number of ether oxygens (including phenoxy) is 2. The molecule has 0 saturated heterocycles. The van der Waals surface area contributed by atoms with E-state index in [-0.39, 0.29) is 6.61 Å². The minimum absolute atomic E-state index is 0.179. The van der Waals surface area contributed by atoms with Crippen LogP contribution in [0.5, 0.6) is 5.75 Å². The molecule has 0 aromatic heterocycles. The Bertz CT molecular complexity index is 390. The van der Waals surface area contributed by atoms with E-state index in [2.05, 4.69) is 0 Å². The smallest absolute Gasteiger partial charge is 0.344 e. The van der Waals surface area contributed by atoms with Gasteiger partial charge in [-0.05, 0) is 31.5 Å². The molecule has 1 aromatic carbocycles. The van der Waals surface area contributed by atoms with Gasteiger partial charge in [-0.3, -0.25) is 0 Å². The second-order valence-corrected chi connectivity index (χ2v) is 3.87. The highest BCUT2D eigenvalue weighted by Crippen LogP contribution is 2.27. The van der Waals surface area contributed by atoms with Crippen LogP contribution in [0.1, 0.15) is 25.5 Å². The summed E-state index contributed by atoms with van der Waals surface area (Å²) in [4.78, 5) is 11.1. The summed E-state index contributed by atoms with van der Waals surface area (Å²) in [5, 5.41) is 9.71. The van der Waals surface area contributed by atoms with Crippen molar-refractivity contribution >= 4 is 17.6 Å². The molecule has 0 saturated carbocycles. The average Bonchev–Trinajstić information content (AvgIpc) is 2.27. The first-order valence-corrected chi connectivity index (χ1v) is 5.68. The number of esters is 1. The molecule has 0 bridgehead atoms. The van der Waals surface area contributed by atoms with Crippen LogP contribution in [-0.2, 0) is 9.53 Å². The van der Waals surface area contributed by atoms with E-state index in [9.17, 15) is 9.90 Å². The minimum atomic E-state index is -0.591. The van der Waals surface area contributed by atoms with Crippen molar-refractivity contribution in [1.29, 1.82) is 0 Å². The van der Waals surface area contributed by atoms with E-state index in [0.717, 1.165) is 0 Å². The number of hydrogen-bond donors (Lipinski definition) is 1. The lowest BCUT2D eigenvalue weighted by atomic mass is 10.1. The lowest BCUT2D eigenvalue weighted by Crippen LogP contribution is -2.14. The summed E-state index contributed by atoms with van der Waals surface area (Å²) < 4.78 is 9.92. The number of benzene rings is 1. The summed E-state index contributed by atoms with van der Waals surface area (Å²) in [6, 6.07) is 4.91. The quantitative estimate of drug-likeness (QED) is 0.824. The van der Waals surface area contributed by atoms with Crippen molar-refractivity contribution in [1.82, 2.24) is 0 Å². The summed E-state index contributed by atoms with van der Waals surface area (Å²) in [6.07, 6.45) is -0.591. The largest absolute Gasteiger partial charge is 0.480 e. The van der Waals surface area contributed by atoms with E-state index in [1.807, 2.05) is 0 Å². The number of hydrogen-bond acceptors (Lipinski definition) is 4. The fourth-order valence-electron chi connectivity index (χ4n) is 1.23. The summed E-state index contributed by atoms with van der Waals surface area (Å²) in [7, 11) is 0. The average molecular weight is 259 g/mol. The molecule has 0 aliphatic rings. The highest BCUT2D eigenvalue weighted by molar-refractivity contribution is 6.32. The third-order valence-electron chi connectivity index (χ3n) is 2.09. The van der Waals surface area contributed by atoms with Gasteiger partial charge in [0.2, 0.25) is 0 Å². The monoisotopic (exact) mass is 258 g/mol. The Morgan fingerprint density at radius 1 is 1.53 bits per heavy atom. The lowest BCUT2D eigenvalue weighted by molar-refractivity contribution is -0.145. The number of aliphatic hydroxyl groups excluding tert-OH is 1. The van der Waals surface area contributed by atoms with Crippen molar-refractivity contribution in [3.05, 3.63) is 28.8 Å². The zero-order valence-corrected chi connectivity index (χ0v) is 10.5. The molecular weight excluding hydrogens is 244 g/mol. The van der Waals surface area contributed by atoms with E-state index in [1.165, 1.54) is 0 Å². The van der Waals surface area contributed by atoms with Gasteiger partial charge in [0.25, 0.3) is 0 Å². The molecule has 0 heterocycles. The Morgan fingerprint density at radius 2 is 2.24 bits per heavy atom. The zero-order chi connectivity index (χ0) is 12.8. The van der Waals surface area contributed by atoms with Gasteiger partial charge < -0.3 is 14.6 Å². The van der Waals surface area contributed by atoms with Gasteiger partial charge >= 0.3 is 5.97 Å². The van der Waals surface area contributed by atoms with Crippen molar-refractivity contribution in [2.75, 3.05) is 13.2 Å². The molecule has 4 nitrogen and oxygen atoms in total. The lowest BCUT2D eigenvalue weighted by Gasteiger charge is -2.10. The first kappa shape index (κ1) is 13.8. The highest BCUT2D eigenvalue weighted by atomic mass is 35.5. The number of carbonyl (C=O) groups is 1. The van der Waals surface area contributed by atoms with Crippen molar-refractivity contribution in [2.45, 2.75) is 20.0 Å². The van der Waals surface area contributed by atoms with E-state index in [1.54, 1.807) is 32.0 Å². The molecule has 1 unspecified atom stereocenters. The van der Waals surface area contributed by atoms with Crippen LogP contribution in [0.15, 0.2) is 18.2 Å². The topological polar surface area (TPSA) is 55.8 Å². The van der Waals surface area contributed by atoms with Crippen molar-refractivity contribution in [3.63, 3.8) is 0 Å². The van der Waals surface area contributed by atoms with E-state index >= 15 is 0 Å². The van der Waals surface area contributed by atoms with Gasteiger partial charge in [0.05, 0.1) is 17.7 Å². The van der Waals surface area contributed by atoms with Crippen LogP contribution in [0.3, 0.4) is 0 Å². The highest BCUT2D eigenvalue weighted by Gasteiger charge is 2.08. The summed E-state index contributed by atoms with van der Waals surface area (Å²) in [5.74, 6) is -0.0488. The molecule has 1 rings (SSSR count). The maximum Gasteiger partial charge on any atom is 0.344 e. The molecule has 0 fully saturated rings. The number of carbonyl (C=O) groups excluding carboxylic acids is 1. The molecule has 17 heavy (non-hydrogen) atoms. The normalized spacial score (nSPS) is 12.0. The minimum Gasteiger partial charge on any atom is -0.480 e. The molecule has 0 radical (unpaired) electrons. The van der Waals surface area contributed by atoms with Crippen LogP contribution in [0.25, 0.3) is 0 Å². The molecule has 0 spiro atoms. The first-order chi connectivity index (χ1) is 8.04. The van der Waals surface area contributed by atoms with Gasteiger partial charge in [-0.25, -0.2) is 4.79 Å². The first-order valence-electron chi connectivity index (χ1n) is 5.30. The molecule has 1 aromatic rings. The van der Waals surface area contributed by atoms with Crippen LogP contribution >= 0.6 is 11.6 Å². The van der Waals surface area contributed by atoms with Gasteiger partial charge in [-0.2, -0.15) is 0 Å². The van der Waals surface area contributed by atoms with Crippen LogP contribution in [0.2, 0.25) is 5.02 Å². The third-order valence-corrected chi connectivity index (χ3v) is 2.38. The Kier molecular flexibility index (Phi) is 5.25. The number of aliphatic hydroxyl groups is 1. The van der Waals surface area contributed by atoms with Crippen molar-refractivity contribution in [2.24, 2.45) is 0 Å². The van der Waals surface area contributed by atoms with E-state index < -0.39 is 12.1 Å². The summed E-state index contributed by atoms with van der Waals surface area (Å²) >= 11 is 5.95. The SMILES string of the molecule is CCOC(=O)COc1ccc(C(C)O)cc1Cl. The van der Waals surface area contributed by atoms with Gasteiger partial charge in [0, 0.05) is 0 Å². The predicted octanol–water partition coefficient (Wildman–Crippen LogP) is 2.34. The maximum atomic E-state index is 11.1. The molecule has 0 amide bonds. The van der Waals surface area contributed by atoms with Gasteiger partial charge in [-0.15, -0.1) is 0 Å². The molecule has 1 N–H and O–H groups in total. The number of rotatable bonds is 5. The number of halogens is 1. The van der Waals surface area contributed by atoms with Crippen molar-refractivity contribution < 1.29 is 19.4 Å². The molecule has 0 aliphatic heterocycles. The maximum absolute atomic E-state index is 11.1. The zero-order valence-electron chi connectivity index (χ0n) is 9.77. The Hall–Kier alpha value is -1.26. The van der Waals surface area contributed by atoms with Crippen LogP contribution < -0.4 is 4.74 Å². The second kappa shape index (κ2) is 6.47. The molecule has 1 atom stereocenters. The summed E-state index contributed by atoms with van der Waals surface area (Å²) in [6.45, 7) is 3.51. The van der Waals surface area contributed by atoms with Crippen LogP contribution in [0.4, 0.5) is 0 Å². The van der Waals surface area contributed by atoms with Crippen LogP contribution in [0, 0.1) is 0 Å². The van der Waals surface area contributed by atoms with Crippen LogP contribution in [-0.4, -0.2) is 24.3 Å². The fourth-order valence-corrected chi connectivity index (χ4v) is 1.48. The van der Waals surface area contributed by atoms with Crippen molar-refractivity contribution in [3.8, 4) is 5.75 Å². The van der Waals surface area contributed by atoms with Gasteiger partial charge in [0.1, 0.15) is 5.75 Å². The summed E-state index contributed by atoms with van der Waals surface area (Å²) in [5.41, 5.74) is 0.693. The fraction of sp³-hybridized carbons (Fsp3) is 0.417. The predicted molar refractivity (Wildman–Crippen MR) is 64.2 cm³/mol. The van der Waals surface area contributed by atoms with E-state index in [0.29, 0.717) is 22.9 Å². The van der Waals surface area contributed by atoms with Gasteiger partial charge in [-0.1, -0.05) is 17.7 Å². The Balaban J connectivity index is 2.63. The standard InChI is InChI=1S/C12H15ClO4/c1-3-16-12(15)7-17-11-5-4-9(8(2)14)6-10(11)13/h4-6,8,14H,3,7H2,1-2H3. The van der Waals surface area contributed by atoms with E-state index in [4.69, 9.17) is 21.1 Å².